The quantitative estimate of drug-likeness (QED) is 0.249. The monoisotopic (exact) mass is 462 g/mol. The van der Waals surface area contributed by atoms with Crippen LogP contribution in [-0.4, -0.2) is 39.8 Å². The van der Waals surface area contributed by atoms with E-state index in [0.717, 1.165) is 43.7 Å². The molecular formula is C27H30N2O3S. The Hall–Kier alpha value is -2.67. The smallest absolute Gasteiger partial charge is 0.269 e. The Morgan fingerprint density at radius 1 is 0.939 bits per heavy atom. The van der Waals surface area contributed by atoms with E-state index >= 15 is 0 Å². The standard InChI is InChI=1S/C27H30N2O3S/c30-27(23-11-13-24(14-12-23)29(31)32)26(20-33-25-9-5-2-6-10-25)28-17-15-22(16-18-28)19-21-7-3-1-4-8-21/h1-14,22,26-27,30H,15-20H2/t26-,27+/m1/s1. The summed E-state index contributed by atoms with van der Waals surface area (Å²) in [5.41, 5.74) is 2.16. The molecule has 0 spiro atoms. The molecule has 1 fully saturated rings. The largest absolute Gasteiger partial charge is 0.387 e. The maximum atomic E-state index is 11.3. The van der Waals surface area contributed by atoms with E-state index in [-0.39, 0.29) is 11.7 Å². The molecule has 1 N–H and O–H groups in total. The number of nitrogens with zero attached hydrogens (tertiary/aromatic N) is 2. The Labute approximate surface area is 199 Å². The minimum absolute atomic E-state index is 0.0443. The van der Waals surface area contributed by atoms with Crippen LogP contribution in [0.1, 0.15) is 30.1 Å². The summed E-state index contributed by atoms with van der Waals surface area (Å²) in [4.78, 5) is 14.2. The minimum atomic E-state index is -0.701. The Morgan fingerprint density at radius 3 is 2.15 bits per heavy atom. The van der Waals surface area contributed by atoms with Gasteiger partial charge < -0.3 is 5.11 Å². The van der Waals surface area contributed by atoms with Crippen LogP contribution in [0.15, 0.2) is 89.8 Å². The summed E-state index contributed by atoms with van der Waals surface area (Å²) in [5.74, 6) is 1.41. The molecule has 0 radical (unpaired) electrons. The number of nitro groups is 1. The van der Waals surface area contributed by atoms with Gasteiger partial charge in [0.05, 0.1) is 11.0 Å². The van der Waals surface area contributed by atoms with Gasteiger partial charge in [-0.1, -0.05) is 48.5 Å². The normalized spacial score (nSPS) is 16.9. The maximum Gasteiger partial charge on any atom is 0.269 e. The van der Waals surface area contributed by atoms with Crippen LogP contribution in [0.4, 0.5) is 5.69 Å². The number of rotatable bonds is 9. The zero-order valence-electron chi connectivity index (χ0n) is 18.6. The number of aliphatic hydroxyl groups excluding tert-OH is 1. The zero-order chi connectivity index (χ0) is 23.0. The third-order valence-electron chi connectivity index (χ3n) is 6.46. The highest BCUT2D eigenvalue weighted by atomic mass is 32.2. The molecule has 1 aliphatic heterocycles. The number of piperidine rings is 1. The second-order valence-corrected chi connectivity index (χ2v) is 9.75. The first kappa shape index (κ1) is 23.5. The fourth-order valence-electron chi connectivity index (χ4n) is 4.55. The van der Waals surface area contributed by atoms with Crippen molar-refractivity contribution in [2.24, 2.45) is 5.92 Å². The van der Waals surface area contributed by atoms with Crippen molar-refractivity contribution < 1.29 is 10.0 Å². The van der Waals surface area contributed by atoms with Crippen molar-refractivity contribution in [3.63, 3.8) is 0 Å². The van der Waals surface area contributed by atoms with Gasteiger partial charge in [-0.3, -0.25) is 15.0 Å². The average molecular weight is 463 g/mol. The number of thioether (sulfide) groups is 1. The number of hydrogen-bond donors (Lipinski definition) is 1. The molecule has 0 aliphatic carbocycles. The van der Waals surface area contributed by atoms with Crippen LogP contribution in [0.5, 0.6) is 0 Å². The molecule has 0 bridgehead atoms. The number of hydrogen-bond acceptors (Lipinski definition) is 5. The first-order valence-electron chi connectivity index (χ1n) is 11.5. The molecule has 1 heterocycles. The van der Waals surface area contributed by atoms with Gasteiger partial charge in [-0.15, -0.1) is 11.8 Å². The van der Waals surface area contributed by atoms with Crippen molar-refractivity contribution in [3.05, 3.63) is 106 Å². The molecule has 1 aliphatic rings. The molecule has 172 valence electrons. The van der Waals surface area contributed by atoms with Crippen molar-refractivity contribution in [2.45, 2.75) is 36.3 Å². The number of benzene rings is 3. The van der Waals surface area contributed by atoms with Gasteiger partial charge in [0, 0.05) is 28.8 Å². The Balaban J connectivity index is 1.44. The second kappa shape index (κ2) is 11.5. The molecule has 2 atom stereocenters. The number of likely N-dealkylation sites (tertiary alicyclic amines) is 1. The predicted octanol–water partition coefficient (Wildman–Crippen LogP) is 5.74. The Kier molecular flexibility index (Phi) is 8.15. The Morgan fingerprint density at radius 2 is 1.55 bits per heavy atom. The summed E-state index contributed by atoms with van der Waals surface area (Å²) in [6.45, 7) is 1.89. The molecule has 0 unspecified atom stereocenters. The van der Waals surface area contributed by atoms with Crippen LogP contribution in [0, 0.1) is 16.0 Å². The van der Waals surface area contributed by atoms with Crippen molar-refractivity contribution in [1.82, 2.24) is 4.90 Å². The van der Waals surface area contributed by atoms with Gasteiger partial charge >= 0.3 is 0 Å². The Bertz CT molecular complexity index is 1010. The first-order chi connectivity index (χ1) is 16.1. The van der Waals surface area contributed by atoms with E-state index in [2.05, 4.69) is 47.4 Å². The fraction of sp³-hybridized carbons (Fsp3) is 0.333. The van der Waals surface area contributed by atoms with E-state index in [1.807, 2.05) is 18.2 Å². The summed E-state index contributed by atoms with van der Waals surface area (Å²) in [6.07, 6.45) is 2.61. The van der Waals surface area contributed by atoms with Crippen LogP contribution in [0.25, 0.3) is 0 Å². The molecule has 3 aromatic rings. The molecule has 6 heteroatoms. The predicted molar refractivity (Wildman–Crippen MR) is 133 cm³/mol. The summed E-state index contributed by atoms with van der Waals surface area (Å²) in [5, 5.41) is 22.3. The molecule has 3 aromatic carbocycles. The highest BCUT2D eigenvalue weighted by molar-refractivity contribution is 7.99. The molecule has 0 saturated carbocycles. The molecule has 4 rings (SSSR count). The van der Waals surface area contributed by atoms with Crippen LogP contribution >= 0.6 is 11.8 Å². The van der Waals surface area contributed by atoms with E-state index in [1.165, 1.54) is 22.6 Å². The average Bonchev–Trinajstić information content (AvgIpc) is 2.86. The lowest BCUT2D eigenvalue weighted by Gasteiger charge is -2.39. The lowest BCUT2D eigenvalue weighted by atomic mass is 9.89. The lowest BCUT2D eigenvalue weighted by Crippen LogP contribution is -2.46. The molecule has 33 heavy (non-hydrogen) atoms. The van der Waals surface area contributed by atoms with Crippen LogP contribution < -0.4 is 0 Å². The zero-order valence-corrected chi connectivity index (χ0v) is 19.4. The summed E-state index contributed by atoms with van der Waals surface area (Å²) >= 11 is 1.75. The molecule has 0 aromatic heterocycles. The summed E-state index contributed by atoms with van der Waals surface area (Å²) < 4.78 is 0. The molecule has 1 saturated heterocycles. The third-order valence-corrected chi connectivity index (χ3v) is 7.57. The number of nitro benzene ring substituents is 1. The SMILES string of the molecule is O=[N+]([O-])c1ccc([C@H](O)[C@@H](CSc2ccccc2)N2CCC(Cc3ccccc3)CC2)cc1. The van der Waals surface area contributed by atoms with Gasteiger partial charge in [0.25, 0.3) is 5.69 Å². The van der Waals surface area contributed by atoms with Gasteiger partial charge in [-0.05, 0) is 73.7 Å². The van der Waals surface area contributed by atoms with E-state index < -0.39 is 11.0 Å². The third kappa shape index (κ3) is 6.44. The highest BCUT2D eigenvalue weighted by Gasteiger charge is 2.31. The van der Waals surface area contributed by atoms with Gasteiger partial charge in [0.2, 0.25) is 0 Å². The van der Waals surface area contributed by atoms with E-state index in [9.17, 15) is 15.2 Å². The van der Waals surface area contributed by atoms with Crippen LogP contribution in [-0.2, 0) is 6.42 Å². The lowest BCUT2D eigenvalue weighted by molar-refractivity contribution is -0.384. The van der Waals surface area contributed by atoms with Gasteiger partial charge in [-0.2, -0.15) is 0 Å². The van der Waals surface area contributed by atoms with Gasteiger partial charge in [0.1, 0.15) is 0 Å². The minimum Gasteiger partial charge on any atom is -0.387 e. The summed E-state index contributed by atoms with van der Waals surface area (Å²) in [7, 11) is 0. The van der Waals surface area contributed by atoms with E-state index in [4.69, 9.17) is 0 Å². The molecule has 5 nitrogen and oxygen atoms in total. The molecular weight excluding hydrogens is 432 g/mol. The first-order valence-corrected chi connectivity index (χ1v) is 12.5. The number of non-ortho nitro benzene ring substituents is 1. The van der Waals surface area contributed by atoms with Crippen molar-refractivity contribution in [2.75, 3.05) is 18.8 Å². The van der Waals surface area contributed by atoms with Gasteiger partial charge in [-0.25, -0.2) is 0 Å². The molecule has 0 amide bonds. The van der Waals surface area contributed by atoms with Crippen molar-refractivity contribution >= 4 is 17.4 Å². The van der Waals surface area contributed by atoms with Crippen molar-refractivity contribution in [1.29, 1.82) is 0 Å². The topological polar surface area (TPSA) is 66.6 Å². The van der Waals surface area contributed by atoms with E-state index in [1.54, 1.807) is 23.9 Å². The van der Waals surface area contributed by atoms with Crippen molar-refractivity contribution in [3.8, 4) is 0 Å². The van der Waals surface area contributed by atoms with E-state index in [0.29, 0.717) is 5.92 Å². The van der Waals surface area contributed by atoms with Crippen LogP contribution in [0.3, 0.4) is 0 Å². The second-order valence-electron chi connectivity index (χ2n) is 8.65. The maximum absolute atomic E-state index is 11.3. The van der Waals surface area contributed by atoms with Gasteiger partial charge in [0.15, 0.2) is 0 Å². The van der Waals surface area contributed by atoms with Crippen LogP contribution in [0.2, 0.25) is 0 Å². The fourth-order valence-corrected chi connectivity index (χ4v) is 5.65. The number of aliphatic hydroxyl groups is 1. The summed E-state index contributed by atoms with van der Waals surface area (Å²) in [6, 6.07) is 27.2. The highest BCUT2D eigenvalue weighted by Crippen LogP contribution is 2.32.